The summed E-state index contributed by atoms with van der Waals surface area (Å²) >= 11 is 0. The Balaban J connectivity index is 2.43. The van der Waals surface area contributed by atoms with Crippen molar-refractivity contribution in [2.45, 2.75) is 51.5 Å². The third-order valence-electron chi connectivity index (χ3n) is 4.11. The average Bonchev–Trinajstić information content (AvgIpc) is 2.43. The number of carboxylic acids is 1. The first-order valence-corrected chi connectivity index (χ1v) is 7.61. The van der Waals surface area contributed by atoms with Gasteiger partial charge in [-0.3, -0.25) is 4.79 Å². The maximum atomic E-state index is 12.1. The second kappa shape index (κ2) is 8.77. The highest BCUT2D eigenvalue weighted by Gasteiger charge is 2.29. The van der Waals surface area contributed by atoms with E-state index in [1.165, 1.54) is 6.92 Å². The maximum absolute atomic E-state index is 12.1. The van der Waals surface area contributed by atoms with Gasteiger partial charge in [0, 0.05) is 12.3 Å². The number of hydrogen-bond donors (Lipinski definition) is 3. The Kier molecular flexibility index (Phi) is 7.36. The number of carbonyl (C=O) groups is 3. The highest BCUT2D eigenvalue weighted by molar-refractivity contribution is 5.85. The molecule has 1 amide bonds. The van der Waals surface area contributed by atoms with E-state index >= 15 is 0 Å². The first-order valence-electron chi connectivity index (χ1n) is 7.61. The van der Waals surface area contributed by atoms with Crippen LogP contribution in [-0.2, 0) is 14.4 Å². The molecule has 1 rings (SSSR count). The monoisotopic (exact) mass is 298 g/mol. The lowest BCUT2D eigenvalue weighted by molar-refractivity contribution is -0.143. The number of nitrogens with one attached hydrogen (secondary N) is 2. The molecule has 0 aliphatic heterocycles. The molecule has 1 unspecified atom stereocenters. The number of Topliss-reactive ketones (excluding diaryl/α,β-unsaturated/α-hetero) is 1. The number of amides is 1. The normalized spacial score (nSPS) is 23.3. The molecule has 1 atom stereocenters. The van der Waals surface area contributed by atoms with Crippen molar-refractivity contribution in [1.29, 1.82) is 0 Å². The van der Waals surface area contributed by atoms with Crippen LogP contribution in [0.1, 0.15) is 45.4 Å². The summed E-state index contributed by atoms with van der Waals surface area (Å²) in [5.74, 6) is -0.824. The fourth-order valence-corrected chi connectivity index (χ4v) is 2.81. The molecule has 1 fully saturated rings. The zero-order valence-corrected chi connectivity index (χ0v) is 12.9. The predicted molar refractivity (Wildman–Crippen MR) is 78.9 cm³/mol. The van der Waals surface area contributed by atoms with Gasteiger partial charge in [0.2, 0.25) is 5.91 Å². The smallest absolute Gasteiger partial charge is 0.326 e. The standard InChI is InChI=1S/C15H26N2O4/c1-10(18)3-8-13(15(20)21)17-14(19)12-6-4-11(5-7-12)9-16-2/h11-13,16H,3-9H2,1-2H3,(H,17,19)(H,20,21). The molecule has 0 spiro atoms. The number of carboxylic acid groups (broad SMARTS) is 1. The highest BCUT2D eigenvalue weighted by Crippen LogP contribution is 2.28. The van der Waals surface area contributed by atoms with Crippen LogP contribution < -0.4 is 10.6 Å². The Labute approximate surface area is 125 Å². The van der Waals surface area contributed by atoms with E-state index in [9.17, 15) is 14.4 Å². The lowest BCUT2D eigenvalue weighted by atomic mass is 9.81. The van der Waals surface area contributed by atoms with E-state index in [1.54, 1.807) is 0 Å². The molecule has 120 valence electrons. The molecule has 0 radical (unpaired) electrons. The molecule has 0 heterocycles. The van der Waals surface area contributed by atoms with Gasteiger partial charge in [0.05, 0.1) is 0 Å². The Hall–Kier alpha value is -1.43. The average molecular weight is 298 g/mol. The Morgan fingerprint density at radius 2 is 1.81 bits per heavy atom. The fourth-order valence-electron chi connectivity index (χ4n) is 2.81. The number of carbonyl (C=O) groups excluding carboxylic acids is 2. The molecular weight excluding hydrogens is 272 g/mol. The van der Waals surface area contributed by atoms with Crippen LogP contribution in [0.2, 0.25) is 0 Å². The summed E-state index contributed by atoms with van der Waals surface area (Å²) in [6.45, 7) is 2.38. The second-order valence-electron chi connectivity index (χ2n) is 5.92. The minimum atomic E-state index is -1.08. The topological polar surface area (TPSA) is 95.5 Å². The summed E-state index contributed by atoms with van der Waals surface area (Å²) in [5, 5.41) is 14.8. The largest absolute Gasteiger partial charge is 0.480 e. The lowest BCUT2D eigenvalue weighted by Gasteiger charge is -2.28. The van der Waals surface area contributed by atoms with Gasteiger partial charge < -0.3 is 20.5 Å². The fraction of sp³-hybridized carbons (Fsp3) is 0.800. The first-order chi connectivity index (χ1) is 9.93. The van der Waals surface area contributed by atoms with Gasteiger partial charge in [-0.25, -0.2) is 4.79 Å². The van der Waals surface area contributed by atoms with Crippen LogP contribution in [0.15, 0.2) is 0 Å². The summed E-state index contributed by atoms with van der Waals surface area (Å²) in [5.41, 5.74) is 0. The van der Waals surface area contributed by atoms with Gasteiger partial charge in [-0.2, -0.15) is 0 Å². The number of aliphatic carboxylic acids is 1. The summed E-state index contributed by atoms with van der Waals surface area (Å²) in [7, 11) is 1.92. The van der Waals surface area contributed by atoms with E-state index in [0.717, 1.165) is 32.2 Å². The quantitative estimate of drug-likeness (QED) is 0.620. The van der Waals surface area contributed by atoms with Crippen LogP contribution in [0, 0.1) is 11.8 Å². The minimum Gasteiger partial charge on any atom is -0.480 e. The third kappa shape index (κ3) is 6.25. The van der Waals surface area contributed by atoms with Crippen molar-refractivity contribution < 1.29 is 19.5 Å². The zero-order valence-electron chi connectivity index (χ0n) is 12.9. The van der Waals surface area contributed by atoms with Gasteiger partial charge >= 0.3 is 5.97 Å². The van der Waals surface area contributed by atoms with Crippen molar-refractivity contribution in [2.75, 3.05) is 13.6 Å². The SMILES string of the molecule is CNCC1CCC(C(=O)NC(CCC(C)=O)C(=O)O)CC1. The van der Waals surface area contributed by atoms with Gasteiger partial charge in [-0.1, -0.05) is 0 Å². The van der Waals surface area contributed by atoms with Crippen molar-refractivity contribution in [3.8, 4) is 0 Å². The first kappa shape index (κ1) is 17.6. The van der Waals surface area contributed by atoms with Crippen LogP contribution in [0.4, 0.5) is 0 Å². The molecule has 0 bridgehead atoms. The second-order valence-corrected chi connectivity index (χ2v) is 5.92. The van der Waals surface area contributed by atoms with Crippen molar-refractivity contribution in [3.05, 3.63) is 0 Å². The summed E-state index contributed by atoms with van der Waals surface area (Å²) in [6, 6.07) is -0.962. The van der Waals surface area contributed by atoms with E-state index in [1.807, 2.05) is 7.05 Å². The molecule has 21 heavy (non-hydrogen) atoms. The van der Waals surface area contributed by atoms with E-state index in [-0.39, 0.29) is 30.4 Å². The van der Waals surface area contributed by atoms with E-state index in [4.69, 9.17) is 5.11 Å². The van der Waals surface area contributed by atoms with Crippen molar-refractivity contribution >= 4 is 17.7 Å². The lowest BCUT2D eigenvalue weighted by Crippen LogP contribution is -2.44. The highest BCUT2D eigenvalue weighted by atomic mass is 16.4. The van der Waals surface area contributed by atoms with Crippen LogP contribution >= 0.6 is 0 Å². The molecule has 6 heteroatoms. The zero-order chi connectivity index (χ0) is 15.8. The van der Waals surface area contributed by atoms with Crippen molar-refractivity contribution in [1.82, 2.24) is 10.6 Å². The number of rotatable bonds is 8. The molecule has 0 aromatic rings. The molecule has 0 aromatic carbocycles. The van der Waals surface area contributed by atoms with Crippen LogP contribution in [-0.4, -0.2) is 42.4 Å². The summed E-state index contributed by atoms with van der Waals surface area (Å²) in [6.07, 6.45) is 3.92. The number of hydrogen-bond acceptors (Lipinski definition) is 4. The van der Waals surface area contributed by atoms with Gasteiger partial charge in [0.25, 0.3) is 0 Å². The van der Waals surface area contributed by atoms with E-state index in [0.29, 0.717) is 5.92 Å². The van der Waals surface area contributed by atoms with Gasteiger partial charge in [-0.05, 0) is 58.5 Å². The third-order valence-corrected chi connectivity index (χ3v) is 4.11. The minimum absolute atomic E-state index is 0.0666. The van der Waals surface area contributed by atoms with E-state index < -0.39 is 12.0 Å². The molecule has 1 aliphatic carbocycles. The van der Waals surface area contributed by atoms with Crippen molar-refractivity contribution in [3.63, 3.8) is 0 Å². The molecule has 1 aliphatic rings. The Morgan fingerprint density at radius 1 is 1.19 bits per heavy atom. The predicted octanol–water partition coefficient (Wildman–Crippen LogP) is 0.951. The molecule has 3 N–H and O–H groups in total. The summed E-state index contributed by atoms with van der Waals surface area (Å²) < 4.78 is 0. The van der Waals surface area contributed by atoms with Crippen LogP contribution in [0.25, 0.3) is 0 Å². The molecule has 1 saturated carbocycles. The molecule has 6 nitrogen and oxygen atoms in total. The molecule has 0 saturated heterocycles. The molecule has 0 aromatic heterocycles. The Bertz CT molecular complexity index is 376. The van der Waals surface area contributed by atoms with Crippen LogP contribution in [0.5, 0.6) is 0 Å². The van der Waals surface area contributed by atoms with Gasteiger partial charge in [0.1, 0.15) is 11.8 Å². The van der Waals surface area contributed by atoms with Gasteiger partial charge in [0.15, 0.2) is 0 Å². The molecular formula is C15H26N2O4. The van der Waals surface area contributed by atoms with Gasteiger partial charge in [-0.15, -0.1) is 0 Å². The Morgan fingerprint density at radius 3 is 2.29 bits per heavy atom. The number of ketones is 1. The maximum Gasteiger partial charge on any atom is 0.326 e. The summed E-state index contributed by atoms with van der Waals surface area (Å²) in [4.78, 5) is 34.2. The van der Waals surface area contributed by atoms with E-state index in [2.05, 4.69) is 10.6 Å². The van der Waals surface area contributed by atoms with Crippen LogP contribution in [0.3, 0.4) is 0 Å². The van der Waals surface area contributed by atoms with Crippen molar-refractivity contribution in [2.24, 2.45) is 11.8 Å².